The molecule has 2 aromatic carbocycles. The highest BCUT2D eigenvalue weighted by Gasteiger charge is 2.52. The number of fused-ring (bicyclic) bond motifs is 3. The predicted octanol–water partition coefficient (Wildman–Crippen LogP) is 3.05. The van der Waals surface area contributed by atoms with Crippen molar-refractivity contribution in [2.75, 3.05) is 32.1 Å². The quantitative estimate of drug-likeness (QED) is 0.622. The molecule has 3 amide bonds. The minimum Gasteiger partial charge on any atom is -0.352 e. The molecule has 2 unspecified atom stereocenters. The lowest BCUT2D eigenvalue weighted by Gasteiger charge is -2.48. The number of benzene rings is 2. The Morgan fingerprint density at radius 1 is 1.09 bits per heavy atom. The molecule has 0 radical (unpaired) electrons. The normalized spacial score (nSPS) is 20.4. The van der Waals surface area contributed by atoms with Crippen molar-refractivity contribution in [2.45, 2.75) is 50.7 Å². The fraction of sp³-hybridized carbons (Fsp3) is 0.444. The van der Waals surface area contributed by atoms with Gasteiger partial charge in [-0.1, -0.05) is 42.5 Å². The molecule has 2 aliphatic rings. The van der Waals surface area contributed by atoms with E-state index in [-0.39, 0.29) is 23.8 Å². The first-order valence-corrected chi connectivity index (χ1v) is 12.0. The van der Waals surface area contributed by atoms with Crippen molar-refractivity contribution in [3.05, 3.63) is 65.7 Å². The molecule has 7 nitrogen and oxygen atoms in total. The maximum Gasteiger partial charge on any atom is 0.257 e. The van der Waals surface area contributed by atoms with Crippen molar-refractivity contribution >= 4 is 23.4 Å². The van der Waals surface area contributed by atoms with Crippen molar-refractivity contribution in [1.82, 2.24) is 15.1 Å². The van der Waals surface area contributed by atoms with Crippen molar-refractivity contribution < 1.29 is 14.4 Å². The Hall–Kier alpha value is -3.19. The highest BCUT2D eigenvalue weighted by atomic mass is 16.2. The van der Waals surface area contributed by atoms with E-state index in [1.807, 2.05) is 57.4 Å². The fourth-order valence-corrected chi connectivity index (χ4v) is 5.24. The number of nitrogens with zero attached hydrogens (tertiary/aromatic N) is 3. The predicted molar refractivity (Wildman–Crippen MR) is 132 cm³/mol. The minimum absolute atomic E-state index is 0.00820. The summed E-state index contributed by atoms with van der Waals surface area (Å²) < 4.78 is 0. The summed E-state index contributed by atoms with van der Waals surface area (Å²) in [5, 5.41) is 3.18. The molecule has 2 aliphatic heterocycles. The van der Waals surface area contributed by atoms with E-state index in [1.165, 1.54) is 5.56 Å². The maximum absolute atomic E-state index is 13.3. The van der Waals surface area contributed by atoms with E-state index in [0.717, 1.165) is 13.0 Å². The van der Waals surface area contributed by atoms with Gasteiger partial charge >= 0.3 is 0 Å². The van der Waals surface area contributed by atoms with Crippen LogP contribution in [0.25, 0.3) is 0 Å². The van der Waals surface area contributed by atoms with Gasteiger partial charge in [0.1, 0.15) is 5.66 Å². The highest BCUT2D eigenvalue weighted by molar-refractivity contribution is 6.10. The highest BCUT2D eigenvalue weighted by Crippen LogP contribution is 2.44. The Morgan fingerprint density at radius 3 is 2.53 bits per heavy atom. The number of hydrogen-bond acceptors (Lipinski definition) is 4. The molecule has 0 spiro atoms. The summed E-state index contributed by atoms with van der Waals surface area (Å²) >= 11 is 0. The van der Waals surface area contributed by atoms with Gasteiger partial charge in [-0.3, -0.25) is 19.3 Å². The van der Waals surface area contributed by atoms with Crippen molar-refractivity contribution in [3.8, 4) is 0 Å². The Kier molecular flexibility index (Phi) is 7.03. The Morgan fingerprint density at radius 2 is 1.79 bits per heavy atom. The van der Waals surface area contributed by atoms with Crippen molar-refractivity contribution in [3.63, 3.8) is 0 Å². The molecule has 7 heteroatoms. The van der Waals surface area contributed by atoms with Crippen LogP contribution in [0, 0.1) is 0 Å². The average Bonchev–Trinajstić information content (AvgIpc) is 3.11. The summed E-state index contributed by atoms with van der Waals surface area (Å²) in [6.07, 6.45) is 2.65. The van der Waals surface area contributed by atoms with Gasteiger partial charge in [-0.25, -0.2) is 0 Å². The number of likely N-dealkylation sites (N-methyl/N-ethyl adjacent to an activating group) is 1. The number of hydrogen-bond donors (Lipinski definition) is 1. The first kappa shape index (κ1) is 24.0. The van der Waals surface area contributed by atoms with Crippen LogP contribution >= 0.6 is 0 Å². The molecule has 0 aromatic heterocycles. The van der Waals surface area contributed by atoms with Crippen LogP contribution in [0.5, 0.6) is 0 Å². The lowest BCUT2D eigenvalue weighted by Crippen LogP contribution is -2.62. The molecule has 1 N–H and O–H groups in total. The SMILES string of the molecule is CN(C)CC(Cc1ccccc1)NC(=O)CCCN1C(=O)c2ccccc2N2C(=O)CCC12C. The molecular formula is C27H34N4O3. The van der Waals surface area contributed by atoms with Gasteiger partial charge in [0.15, 0.2) is 0 Å². The van der Waals surface area contributed by atoms with Crippen LogP contribution in [0.2, 0.25) is 0 Å². The van der Waals surface area contributed by atoms with Crippen LogP contribution in [0.15, 0.2) is 54.6 Å². The number of carbonyl (C=O) groups excluding carboxylic acids is 3. The third kappa shape index (κ3) is 4.85. The largest absolute Gasteiger partial charge is 0.352 e. The number of carbonyl (C=O) groups is 3. The van der Waals surface area contributed by atoms with Crippen molar-refractivity contribution in [1.29, 1.82) is 0 Å². The molecule has 34 heavy (non-hydrogen) atoms. The zero-order valence-electron chi connectivity index (χ0n) is 20.3. The van der Waals surface area contributed by atoms with Crippen LogP contribution in [0.3, 0.4) is 0 Å². The molecule has 0 aliphatic carbocycles. The van der Waals surface area contributed by atoms with Crippen LogP contribution < -0.4 is 10.2 Å². The van der Waals surface area contributed by atoms with E-state index in [4.69, 9.17) is 0 Å². The van der Waals surface area contributed by atoms with Crippen LogP contribution in [0.1, 0.15) is 48.5 Å². The molecule has 4 rings (SSSR count). The van der Waals surface area contributed by atoms with Gasteiger partial charge in [0.2, 0.25) is 11.8 Å². The van der Waals surface area contributed by atoms with E-state index in [9.17, 15) is 14.4 Å². The number of rotatable bonds is 9. The molecule has 2 atom stereocenters. The molecule has 1 fully saturated rings. The summed E-state index contributed by atoms with van der Waals surface area (Å²) in [4.78, 5) is 44.5. The molecule has 0 saturated carbocycles. The number of anilines is 1. The van der Waals surface area contributed by atoms with Crippen molar-refractivity contribution in [2.24, 2.45) is 0 Å². The summed E-state index contributed by atoms with van der Waals surface area (Å²) in [5.74, 6) is -0.0474. The Labute approximate surface area is 201 Å². The monoisotopic (exact) mass is 462 g/mol. The second-order valence-electron chi connectivity index (χ2n) is 9.74. The standard InChI is InChI=1S/C27H34N4O3/c1-27-16-15-25(33)31(27)23-13-8-7-12-22(23)26(34)30(27)17-9-14-24(32)28-21(19-29(2)3)18-20-10-5-4-6-11-20/h4-8,10-13,21H,9,14-19H2,1-3H3,(H,28,32). The second kappa shape index (κ2) is 9.97. The Bertz CT molecular complexity index is 1050. The first-order chi connectivity index (χ1) is 16.3. The average molecular weight is 463 g/mol. The van der Waals surface area contributed by atoms with Crippen LogP contribution in [-0.4, -0.2) is 66.4 Å². The lowest BCUT2D eigenvalue weighted by molar-refractivity contribution is -0.122. The smallest absolute Gasteiger partial charge is 0.257 e. The van der Waals surface area contributed by atoms with E-state index >= 15 is 0 Å². The van der Waals surface area contributed by atoms with Gasteiger partial charge < -0.3 is 15.1 Å². The molecule has 1 saturated heterocycles. The number of nitrogens with one attached hydrogen (secondary N) is 1. The summed E-state index contributed by atoms with van der Waals surface area (Å²) in [6.45, 7) is 3.13. The molecule has 0 bridgehead atoms. The molecular weight excluding hydrogens is 428 g/mol. The number of para-hydroxylation sites is 1. The maximum atomic E-state index is 13.3. The van der Waals surface area contributed by atoms with E-state index < -0.39 is 5.66 Å². The second-order valence-corrected chi connectivity index (χ2v) is 9.74. The van der Waals surface area contributed by atoms with E-state index in [1.54, 1.807) is 15.9 Å². The van der Waals surface area contributed by atoms with Gasteiger partial charge in [0.25, 0.3) is 5.91 Å². The first-order valence-electron chi connectivity index (χ1n) is 12.0. The van der Waals surface area contributed by atoms with Gasteiger partial charge in [-0.2, -0.15) is 0 Å². The van der Waals surface area contributed by atoms with Gasteiger partial charge in [-0.05, 0) is 58.0 Å². The molecule has 180 valence electrons. The zero-order chi connectivity index (χ0) is 24.3. The third-order valence-electron chi connectivity index (χ3n) is 6.81. The summed E-state index contributed by atoms with van der Waals surface area (Å²) in [6, 6.07) is 17.5. The minimum atomic E-state index is -0.681. The molecule has 2 heterocycles. The van der Waals surface area contributed by atoms with Gasteiger partial charge in [-0.15, -0.1) is 0 Å². The van der Waals surface area contributed by atoms with E-state index in [0.29, 0.717) is 43.5 Å². The third-order valence-corrected chi connectivity index (χ3v) is 6.81. The summed E-state index contributed by atoms with van der Waals surface area (Å²) in [7, 11) is 4.00. The molecule has 2 aromatic rings. The van der Waals surface area contributed by atoms with Crippen LogP contribution in [-0.2, 0) is 16.0 Å². The summed E-state index contributed by atoms with van der Waals surface area (Å²) in [5.41, 5.74) is 1.75. The lowest BCUT2D eigenvalue weighted by atomic mass is 9.98. The fourth-order valence-electron chi connectivity index (χ4n) is 5.24. The topological polar surface area (TPSA) is 73.0 Å². The zero-order valence-corrected chi connectivity index (χ0v) is 20.3. The Balaban J connectivity index is 1.39. The van der Waals surface area contributed by atoms with E-state index in [2.05, 4.69) is 22.3 Å². The number of amides is 3. The van der Waals surface area contributed by atoms with Crippen LogP contribution in [0.4, 0.5) is 5.69 Å². The van der Waals surface area contributed by atoms with Gasteiger partial charge in [0.05, 0.1) is 11.3 Å². The van der Waals surface area contributed by atoms with Gasteiger partial charge in [0, 0.05) is 32.0 Å².